The number of nitrogen functional groups attached to an aromatic ring is 1. The SMILES string of the molecule is Cc1cc(N)nc(/C=C/c2nc3cc(Br)cnc3[nH]2)c1. The monoisotopic (exact) mass is 329 g/mol. The minimum Gasteiger partial charge on any atom is -0.384 e. The molecule has 0 amide bonds. The van der Waals surface area contributed by atoms with Crippen LogP contribution in [0.2, 0.25) is 0 Å². The second kappa shape index (κ2) is 5.05. The topological polar surface area (TPSA) is 80.5 Å². The lowest BCUT2D eigenvalue weighted by Crippen LogP contribution is -1.92. The van der Waals surface area contributed by atoms with Crippen molar-refractivity contribution >= 4 is 45.1 Å². The summed E-state index contributed by atoms with van der Waals surface area (Å²) >= 11 is 3.37. The molecule has 3 N–H and O–H groups in total. The van der Waals surface area contributed by atoms with Crippen molar-refractivity contribution in [1.82, 2.24) is 19.9 Å². The molecule has 3 aromatic rings. The van der Waals surface area contributed by atoms with E-state index in [1.54, 1.807) is 6.20 Å². The average Bonchev–Trinajstić information content (AvgIpc) is 2.77. The van der Waals surface area contributed by atoms with Crippen molar-refractivity contribution in [2.75, 3.05) is 5.73 Å². The second-order valence-electron chi connectivity index (χ2n) is 4.47. The van der Waals surface area contributed by atoms with Crippen LogP contribution >= 0.6 is 15.9 Å². The largest absolute Gasteiger partial charge is 0.384 e. The first kappa shape index (κ1) is 12.8. The molecule has 0 radical (unpaired) electrons. The summed E-state index contributed by atoms with van der Waals surface area (Å²) in [5, 5.41) is 0. The first-order valence-corrected chi connectivity index (χ1v) is 6.83. The lowest BCUT2D eigenvalue weighted by Gasteiger charge is -1.98. The number of nitrogens with zero attached hydrogens (tertiary/aromatic N) is 3. The summed E-state index contributed by atoms with van der Waals surface area (Å²) < 4.78 is 0.903. The van der Waals surface area contributed by atoms with Crippen molar-refractivity contribution in [3.05, 3.63) is 46.0 Å². The molecule has 0 fully saturated rings. The number of nitrogens with two attached hydrogens (primary N) is 1. The number of rotatable bonds is 2. The van der Waals surface area contributed by atoms with Gasteiger partial charge >= 0.3 is 0 Å². The molecule has 0 aliphatic carbocycles. The predicted molar refractivity (Wildman–Crippen MR) is 83.9 cm³/mol. The van der Waals surface area contributed by atoms with Gasteiger partial charge in [-0.25, -0.2) is 15.0 Å². The summed E-state index contributed by atoms with van der Waals surface area (Å²) in [6.45, 7) is 1.98. The molecule has 0 spiro atoms. The normalized spacial score (nSPS) is 11.5. The fourth-order valence-corrected chi connectivity index (χ4v) is 2.26. The number of aromatic amines is 1. The predicted octanol–water partition coefficient (Wildman–Crippen LogP) is 3.18. The van der Waals surface area contributed by atoms with Gasteiger partial charge in [0.1, 0.15) is 17.2 Å². The minimum absolute atomic E-state index is 0.514. The molecule has 0 bridgehead atoms. The first-order chi connectivity index (χ1) is 9.60. The molecule has 6 heteroatoms. The number of anilines is 1. The van der Waals surface area contributed by atoms with Crippen LogP contribution in [0, 0.1) is 6.92 Å². The van der Waals surface area contributed by atoms with Crippen LogP contribution < -0.4 is 5.73 Å². The van der Waals surface area contributed by atoms with Gasteiger partial charge in [0.25, 0.3) is 0 Å². The Kier molecular flexibility index (Phi) is 3.23. The Morgan fingerprint density at radius 1 is 1.20 bits per heavy atom. The van der Waals surface area contributed by atoms with E-state index >= 15 is 0 Å². The van der Waals surface area contributed by atoms with Gasteiger partial charge in [0.05, 0.1) is 5.69 Å². The Labute approximate surface area is 124 Å². The van der Waals surface area contributed by atoms with E-state index in [0.717, 1.165) is 32.7 Å². The maximum Gasteiger partial charge on any atom is 0.157 e. The van der Waals surface area contributed by atoms with E-state index in [-0.39, 0.29) is 0 Å². The highest BCUT2D eigenvalue weighted by Crippen LogP contribution is 2.16. The van der Waals surface area contributed by atoms with Gasteiger partial charge in [0.15, 0.2) is 5.65 Å². The molecule has 0 atom stereocenters. The van der Waals surface area contributed by atoms with Crippen molar-refractivity contribution in [2.24, 2.45) is 0 Å². The molecule has 0 unspecified atom stereocenters. The minimum atomic E-state index is 0.514. The highest BCUT2D eigenvalue weighted by molar-refractivity contribution is 9.10. The van der Waals surface area contributed by atoms with Crippen LogP contribution in [-0.2, 0) is 0 Å². The van der Waals surface area contributed by atoms with E-state index in [0.29, 0.717) is 5.82 Å². The highest BCUT2D eigenvalue weighted by atomic mass is 79.9. The number of nitrogens with one attached hydrogen (secondary N) is 1. The van der Waals surface area contributed by atoms with E-state index in [9.17, 15) is 0 Å². The van der Waals surface area contributed by atoms with Gasteiger partial charge < -0.3 is 10.7 Å². The molecule has 0 aliphatic heterocycles. The summed E-state index contributed by atoms with van der Waals surface area (Å²) in [4.78, 5) is 16.1. The van der Waals surface area contributed by atoms with Crippen molar-refractivity contribution in [2.45, 2.75) is 6.92 Å². The van der Waals surface area contributed by atoms with Crippen LogP contribution in [0.4, 0.5) is 5.82 Å². The molecular weight excluding hydrogens is 318 g/mol. The van der Waals surface area contributed by atoms with Crippen molar-refractivity contribution in [1.29, 1.82) is 0 Å². The van der Waals surface area contributed by atoms with Gasteiger partial charge in [0, 0.05) is 10.7 Å². The van der Waals surface area contributed by atoms with E-state index in [2.05, 4.69) is 35.9 Å². The Hall–Kier alpha value is -2.21. The van der Waals surface area contributed by atoms with Crippen LogP contribution in [-0.4, -0.2) is 19.9 Å². The number of fused-ring (bicyclic) bond motifs is 1. The number of pyridine rings is 2. The first-order valence-electron chi connectivity index (χ1n) is 6.04. The van der Waals surface area contributed by atoms with Crippen molar-refractivity contribution in [3.63, 3.8) is 0 Å². The van der Waals surface area contributed by atoms with Gasteiger partial charge in [-0.3, -0.25) is 0 Å². The molecule has 20 heavy (non-hydrogen) atoms. The molecule has 3 aromatic heterocycles. The molecular formula is C14H12BrN5. The van der Waals surface area contributed by atoms with E-state index < -0.39 is 0 Å². The summed E-state index contributed by atoms with van der Waals surface area (Å²) in [7, 11) is 0. The molecule has 5 nitrogen and oxygen atoms in total. The summed E-state index contributed by atoms with van der Waals surface area (Å²) in [5.74, 6) is 1.24. The van der Waals surface area contributed by atoms with Crippen LogP contribution in [0.5, 0.6) is 0 Å². The summed E-state index contributed by atoms with van der Waals surface area (Å²) in [6.07, 6.45) is 5.46. The van der Waals surface area contributed by atoms with E-state index in [1.165, 1.54) is 0 Å². The number of aromatic nitrogens is 4. The molecule has 0 saturated heterocycles. The van der Waals surface area contributed by atoms with Crippen LogP contribution in [0.1, 0.15) is 17.1 Å². The Balaban J connectivity index is 1.93. The van der Waals surface area contributed by atoms with Crippen LogP contribution in [0.25, 0.3) is 23.3 Å². The maximum atomic E-state index is 5.72. The fourth-order valence-electron chi connectivity index (χ4n) is 1.94. The zero-order valence-corrected chi connectivity index (χ0v) is 12.3. The third-order valence-electron chi connectivity index (χ3n) is 2.74. The number of aryl methyl sites for hydroxylation is 1. The van der Waals surface area contributed by atoms with E-state index in [4.69, 9.17) is 5.73 Å². The average molecular weight is 330 g/mol. The standard InChI is InChI=1S/C14H12BrN5/c1-8-4-10(18-12(16)5-8)2-3-13-19-11-6-9(15)7-17-14(11)20-13/h2-7H,1H3,(H2,16,18)(H,17,19,20)/b3-2+. The zero-order valence-electron chi connectivity index (χ0n) is 10.8. The molecule has 3 heterocycles. The second-order valence-corrected chi connectivity index (χ2v) is 5.39. The maximum absolute atomic E-state index is 5.72. The lowest BCUT2D eigenvalue weighted by atomic mass is 10.2. The number of hydrogen-bond acceptors (Lipinski definition) is 4. The molecule has 0 aliphatic rings. The Morgan fingerprint density at radius 3 is 2.85 bits per heavy atom. The molecule has 0 aromatic carbocycles. The molecule has 100 valence electrons. The molecule has 0 saturated carbocycles. The molecule has 3 rings (SSSR count). The van der Waals surface area contributed by atoms with Crippen molar-refractivity contribution < 1.29 is 0 Å². The zero-order chi connectivity index (χ0) is 14.1. The fraction of sp³-hybridized carbons (Fsp3) is 0.0714. The third kappa shape index (κ3) is 2.70. The van der Waals surface area contributed by atoms with Gasteiger partial charge in [0.2, 0.25) is 0 Å². The number of H-pyrrole nitrogens is 1. The number of hydrogen-bond donors (Lipinski definition) is 2. The van der Waals surface area contributed by atoms with Crippen molar-refractivity contribution in [3.8, 4) is 0 Å². The van der Waals surface area contributed by atoms with Gasteiger partial charge in [-0.05, 0) is 58.8 Å². The Bertz CT molecular complexity index is 786. The summed E-state index contributed by atoms with van der Waals surface area (Å²) in [6, 6.07) is 5.71. The quantitative estimate of drug-likeness (QED) is 0.756. The highest BCUT2D eigenvalue weighted by Gasteiger charge is 2.02. The number of halogens is 1. The van der Waals surface area contributed by atoms with Gasteiger partial charge in [-0.2, -0.15) is 0 Å². The van der Waals surface area contributed by atoms with E-state index in [1.807, 2.05) is 37.3 Å². The van der Waals surface area contributed by atoms with Gasteiger partial charge in [-0.15, -0.1) is 0 Å². The summed E-state index contributed by atoms with van der Waals surface area (Å²) in [5.41, 5.74) is 9.17. The smallest absolute Gasteiger partial charge is 0.157 e. The van der Waals surface area contributed by atoms with Crippen LogP contribution in [0.15, 0.2) is 28.9 Å². The van der Waals surface area contributed by atoms with Crippen LogP contribution in [0.3, 0.4) is 0 Å². The lowest BCUT2D eigenvalue weighted by molar-refractivity contribution is 1.25. The third-order valence-corrected chi connectivity index (χ3v) is 3.18. The van der Waals surface area contributed by atoms with Gasteiger partial charge in [-0.1, -0.05) is 0 Å². The Morgan fingerprint density at radius 2 is 2.05 bits per heavy atom. The number of imidazole rings is 1.